The van der Waals surface area contributed by atoms with Crippen molar-refractivity contribution in [1.29, 1.82) is 0 Å². The van der Waals surface area contributed by atoms with Crippen molar-refractivity contribution in [3.05, 3.63) is 109 Å². The zero-order chi connectivity index (χ0) is 25.0. The molecule has 0 spiro atoms. The quantitative estimate of drug-likeness (QED) is 0.292. The zero-order valence-corrected chi connectivity index (χ0v) is 21.8. The first kappa shape index (κ1) is 22.9. The number of Topliss-reactive ketones (excluding diaryl/α,β-unsaturated/α-hetero) is 1. The second kappa shape index (κ2) is 8.87. The molecular formula is C28H22BrN3O3S. The van der Waals surface area contributed by atoms with Crippen molar-refractivity contribution in [2.75, 3.05) is 5.32 Å². The molecule has 2 aromatic carbocycles. The van der Waals surface area contributed by atoms with Crippen LogP contribution >= 0.6 is 27.3 Å². The number of rotatable bonds is 4. The summed E-state index contributed by atoms with van der Waals surface area (Å²) in [4.78, 5) is 26.9. The monoisotopic (exact) mass is 559 g/mol. The Labute approximate surface area is 220 Å². The van der Waals surface area contributed by atoms with Gasteiger partial charge in [-0.2, -0.15) is 5.10 Å². The Balaban J connectivity index is 1.57. The number of carbonyl (C=O) groups excluding carboxylic acids is 1. The number of hydrogen-bond acceptors (Lipinski definition) is 5. The van der Waals surface area contributed by atoms with Crippen molar-refractivity contribution in [2.45, 2.75) is 31.6 Å². The number of allylic oxidation sites excluding steroid dienone is 2. The Morgan fingerprint density at radius 1 is 1.14 bits per heavy atom. The van der Waals surface area contributed by atoms with E-state index in [2.05, 4.69) is 27.3 Å². The standard InChI is InChI=1S/C28H22BrN3O3S/c1-15-24-25(16-6-4-7-18(29)12-16)26-20(13-17(14-22(26)33)23-10-5-11-36-23)30-27(24)32(31-15)21-9-3-2-8-19(21)28(34)35/h2-12,17,25,30H,13-14H2,1H3,(H,34,35)/t17-,25+/m0/s1. The molecule has 2 atom stereocenters. The molecule has 180 valence electrons. The summed E-state index contributed by atoms with van der Waals surface area (Å²) < 4.78 is 2.62. The minimum Gasteiger partial charge on any atom is -0.478 e. The van der Waals surface area contributed by atoms with Crippen LogP contribution < -0.4 is 5.32 Å². The molecule has 1 aliphatic heterocycles. The minimum atomic E-state index is -1.02. The van der Waals surface area contributed by atoms with Crippen LogP contribution in [0.15, 0.2) is 81.8 Å². The number of nitrogens with one attached hydrogen (secondary N) is 1. The largest absolute Gasteiger partial charge is 0.478 e. The van der Waals surface area contributed by atoms with Gasteiger partial charge in [-0.05, 0) is 54.6 Å². The van der Waals surface area contributed by atoms with Gasteiger partial charge in [-0.15, -0.1) is 11.3 Å². The van der Waals surface area contributed by atoms with Crippen molar-refractivity contribution in [3.8, 4) is 5.69 Å². The Bertz CT molecular complexity index is 1550. The number of para-hydroxylation sites is 1. The van der Waals surface area contributed by atoms with Crippen molar-refractivity contribution >= 4 is 44.8 Å². The molecule has 0 saturated heterocycles. The first-order valence-electron chi connectivity index (χ1n) is 11.7. The highest BCUT2D eigenvalue weighted by molar-refractivity contribution is 9.10. The lowest BCUT2D eigenvalue weighted by molar-refractivity contribution is -0.116. The summed E-state index contributed by atoms with van der Waals surface area (Å²) in [6.45, 7) is 1.92. The molecular weight excluding hydrogens is 538 g/mol. The number of halogens is 1. The highest BCUT2D eigenvalue weighted by Crippen LogP contribution is 2.50. The summed E-state index contributed by atoms with van der Waals surface area (Å²) in [6.07, 6.45) is 1.17. The van der Waals surface area contributed by atoms with Crippen LogP contribution in [0.3, 0.4) is 0 Å². The van der Waals surface area contributed by atoms with Gasteiger partial charge in [0.15, 0.2) is 5.78 Å². The van der Waals surface area contributed by atoms with E-state index < -0.39 is 5.97 Å². The molecule has 36 heavy (non-hydrogen) atoms. The van der Waals surface area contributed by atoms with E-state index >= 15 is 0 Å². The third-order valence-electron chi connectivity index (χ3n) is 6.95. The van der Waals surface area contributed by atoms with E-state index in [1.165, 1.54) is 4.88 Å². The van der Waals surface area contributed by atoms with Crippen molar-refractivity contribution in [2.24, 2.45) is 0 Å². The molecule has 0 bridgehead atoms. The molecule has 0 unspecified atom stereocenters. The number of aromatic carboxylic acids is 1. The number of hydrogen-bond donors (Lipinski definition) is 2. The topological polar surface area (TPSA) is 84.2 Å². The zero-order valence-electron chi connectivity index (χ0n) is 19.4. The van der Waals surface area contributed by atoms with Crippen LogP contribution in [0.4, 0.5) is 5.82 Å². The van der Waals surface area contributed by atoms with Gasteiger partial charge in [-0.3, -0.25) is 4.79 Å². The van der Waals surface area contributed by atoms with Gasteiger partial charge in [0, 0.05) is 44.4 Å². The predicted molar refractivity (Wildman–Crippen MR) is 143 cm³/mol. The molecule has 3 heterocycles. The fourth-order valence-corrected chi connectivity index (χ4v) is 6.68. The normalized spacial score (nSPS) is 19.0. The Morgan fingerprint density at radius 3 is 2.72 bits per heavy atom. The van der Waals surface area contributed by atoms with Gasteiger partial charge in [-0.1, -0.05) is 46.3 Å². The highest BCUT2D eigenvalue weighted by atomic mass is 79.9. The van der Waals surface area contributed by atoms with Crippen molar-refractivity contribution in [3.63, 3.8) is 0 Å². The highest BCUT2D eigenvalue weighted by Gasteiger charge is 2.41. The first-order valence-corrected chi connectivity index (χ1v) is 13.3. The third kappa shape index (κ3) is 3.72. The number of ketones is 1. The summed E-state index contributed by atoms with van der Waals surface area (Å²) in [6, 6.07) is 19.0. The maximum atomic E-state index is 13.7. The lowest BCUT2D eigenvalue weighted by atomic mass is 9.73. The van der Waals surface area contributed by atoms with Crippen LogP contribution in [0.5, 0.6) is 0 Å². The molecule has 0 radical (unpaired) electrons. The Hall–Kier alpha value is -3.49. The second-order valence-electron chi connectivity index (χ2n) is 9.13. The van der Waals surface area contributed by atoms with Crippen LogP contribution in [0.2, 0.25) is 0 Å². The lowest BCUT2D eigenvalue weighted by Crippen LogP contribution is -2.30. The van der Waals surface area contributed by atoms with Gasteiger partial charge >= 0.3 is 5.97 Å². The summed E-state index contributed by atoms with van der Waals surface area (Å²) in [5.74, 6) is -0.355. The van der Waals surface area contributed by atoms with Crippen LogP contribution in [0, 0.1) is 6.92 Å². The van der Waals surface area contributed by atoms with E-state index in [1.54, 1.807) is 40.3 Å². The molecule has 2 aliphatic rings. The number of fused-ring (bicyclic) bond motifs is 1. The number of aryl methyl sites for hydroxylation is 1. The Morgan fingerprint density at radius 2 is 1.97 bits per heavy atom. The fraction of sp³-hybridized carbons (Fsp3) is 0.179. The van der Waals surface area contributed by atoms with E-state index in [0.29, 0.717) is 24.3 Å². The maximum Gasteiger partial charge on any atom is 0.337 e. The first-order chi connectivity index (χ1) is 17.4. The predicted octanol–water partition coefficient (Wildman–Crippen LogP) is 6.66. The number of benzene rings is 2. The van der Waals surface area contributed by atoms with Gasteiger partial charge in [0.1, 0.15) is 5.82 Å². The molecule has 0 fully saturated rings. The van der Waals surface area contributed by atoms with Crippen LogP contribution in [-0.4, -0.2) is 26.6 Å². The molecule has 2 N–H and O–H groups in total. The van der Waals surface area contributed by atoms with Crippen LogP contribution in [0.1, 0.15) is 56.7 Å². The average molecular weight is 560 g/mol. The number of carboxylic acids is 1. The number of nitrogens with zero attached hydrogens (tertiary/aromatic N) is 2. The maximum absolute atomic E-state index is 13.7. The lowest BCUT2D eigenvalue weighted by Gasteiger charge is -2.35. The van der Waals surface area contributed by atoms with Crippen molar-refractivity contribution in [1.82, 2.24) is 9.78 Å². The molecule has 2 aromatic heterocycles. The van der Waals surface area contributed by atoms with E-state index in [0.717, 1.165) is 32.6 Å². The Kier molecular flexibility index (Phi) is 5.65. The van der Waals surface area contributed by atoms with E-state index in [9.17, 15) is 14.7 Å². The van der Waals surface area contributed by atoms with Crippen molar-refractivity contribution < 1.29 is 14.7 Å². The fourth-order valence-electron chi connectivity index (χ4n) is 5.43. The summed E-state index contributed by atoms with van der Waals surface area (Å²) in [5.41, 5.74) is 4.96. The van der Waals surface area contributed by atoms with Gasteiger partial charge in [0.2, 0.25) is 0 Å². The van der Waals surface area contributed by atoms with E-state index in [4.69, 9.17) is 5.10 Å². The second-order valence-corrected chi connectivity index (χ2v) is 11.0. The van der Waals surface area contributed by atoms with Crippen LogP contribution in [0.25, 0.3) is 5.69 Å². The SMILES string of the molecule is Cc1nn(-c2ccccc2C(=O)O)c2c1[C@@H](c1cccc(Br)c1)C1=C(C[C@H](c3cccs3)CC1=O)N2. The van der Waals surface area contributed by atoms with E-state index in [-0.39, 0.29) is 23.2 Å². The van der Waals surface area contributed by atoms with Gasteiger partial charge < -0.3 is 10.4 Å². The number of carbonyl (C=O) groups is 2. The summed E-state index contributed by atoms with van der Waals surface area (Å²) >= 11 is 5.27. The molecule has 0 amide bonds. The van der Waals surface area contributed by atoms with Gasteiger partial charge in [-0.25, -0.2) is 9.48 Å². The van der Waals surface area contributed by atoms with Gasteiger partial charge in [0.25, 0.3) is 0 Å². The minimum absolute atomic E-state index is 0.109. The number of aromatic nitrogens is 2. The summed E-state index contributed by atoms with van der Waals surface area (Å²) in [7, 11) is 0. The average Bonchev–Trinajstić information content (AvgIpc) is 3.51. The van der Waals surface area contributed by atoms with Crippen LogP contribution in [-0.2, 0) is 4.79 Å². The summed E-state index contributed by atoms with van der Waals surface area (Å²) in [5, 5.41) is 20.2. The number of anilines is 1. The third-order valence-corrected chi connectivity index (χ3v) is 8.48. The van der Waals surface area contributed by atoms with E-state index in [1.807, 2.05) is 42.6 Å². The molecule has 8 heteroatoms. The molecule has 0 saturated carbocycles. The number of thiophene rings is 1. The molecule has 6 rings (SSSR count). The van der Waals surface area contributed by atoms with Gasteiger partial charge in [0.05, 0.1) is 16.9 Å². The smallest absolute Gasteiger partial charge is 0.337 e. The molecule has 6 nitrogen and oxygen atoms in total. The molecule has 4 aromatic rings. The number of carboxylic acid groups (broad SMARTS) is 1. The molecule has 1 aliphatic carbocycles.